The molecule has 4 unspecified atom stereocenters. The van der Waals surface area contributed by atoms with Gasteiger partial charge in [0.15, 0.2) is 17.8 Å². The van der Waals surface area contributed by atoms with Crippen molar-refractivity contribution in [1.82, 2.24) is 0 Å². The summed E-state index contributed by atoms with van der Waals surface area (Å²) in [6.45, 7) is 5.61. The number of aliphatic hydroxyl groups excluding tert-OH is 3. The molecule has 23 heteroatoms. The Balaban J connectivity index is -0.000000106. The normalized spacial score (nSPS) is 11.9. The Bertz CT molecular complexity index is 923. The van der Waals surface area contributed by atoms with Gasteiger partial charge in [-0.1, -0.05) is 13.8 Å². The van der Waals surface area contributed by atoms with Crippen LogP contribution in [0.5, 0.6) is 0 Å². The highest BCUT2D eigenvalue weighted by Crippen LogP contribution is 2.15. The second-order valence-corrected chi connectivity index (χ2v) is 7.68. The zero-order chi connectivity index (χ0) is 37.8. The molecule has 0 fully saturated rings. The first kappa shape index (κ1) is 52.7. The maximum Gasteiger partial charge on any atom is 0.336 e. The summed E-state index contributed by atoms with van der Waals surface area (Å²) in [5, 5.41) is 105. The summed E-state index contributed by atoms with van der Waals surface area (Å²) in [7, 11) is 0. The fraction of sp³-hybridized carbons (Fsp3) is 0.591. The molecule has 0 spiro atoms. The third-order valence-electron chi connectivity index (χ3n) is 3.51. The van der Waals surface area contributed by atoms with Crippen molar-refractivity contribution in [3.05, 3.63) is 0 Å². The van der Waals surface area contributed by atoms with Gasteiger partial charge in [0.1, 0.15) is 12.1 Å². The molecule has 0 heterocycles. The fourth-order valence-electron chi connectivity index (χ4n) is 1.16. The first-order valence-corrected chi connectivity index (χ1v) is 11.6. The summed E-state index contributed by atoms with van der Waals surface area (Å²) >= 11 is 0. The van der Waals surface area contributed by atoms with Crippen molar-refractivity contribution >= 4 is 53.7 Å². The van der Waals surface area contributed by atoms with Crippen LogP contribution in [0.2, 0.25) is 0 Å². The number of carboxylic acid groups (broad SMARTS) is 9. The molecule has 0 saturated heterocycles. The lowest BCUT2D eigenvalue weighted by Gasteiger charge is -2.18. The number of rotatable bonds is 12. The van der Waals surface area contributed by atoms with Crippen molar-refractivity contribution in [2.75, 3.05) is 0 Å². The lowest BCUT2D eigenvalue weighted by Crippen LogP contribution is -2.42. The molecule has 0 aromatic heterocycles. The van der Waals surface area contributed by atoms with Crippen LogP contribution in [0.15, 0.2) is 0 Å². The summed E-state index contributed by atoms with van der Waals surface area (Å²) in [6, 6.07) is -0.681. The SMILES string of the molecule is CC(=O)O.CC(O)C(=O)O.CCC(=O)O.CCC(N)C(=O)O.O=C(O)C(O)C(O)C(=O)O.O=C(O)CC(O)(CC(=O)O)C(=O)O. The smallest absolute Gasteiger partial charge is 0.336 e. The van der Waals surface area contributed by atoms with Gasteiger partial charge in [-0.25, -0.2) is 19.2 Å². The monoisotopic (exact) mass is 669 g/mol. The summed E-state index contributed by atoms with van der Waals surface area (Å²) in [6.07, 6.45) is -7.33. The van der Waals surface area contributed by atoms with Crippen molar-refractivity contribution < 1.29 is 110 Å². The maximum atomic E-state index is 10.3. The van der Waals surface area contributed by atoms with Gasteiger partial charge in [-0.05, 0) is 13.3 Å². The molecule has 0 radical (unpaired) electrons. The lowest BCUT2D eigenvalue weighted by molar-refractivity contribution is -0.170. The quantitative estimate of drug-likeness (QED) is 0.0956. The molecule has 0 aliphatic heterocycles. The Morgan fingerprint density at radius 3 is 0.911 bits per heavy atom. The second kappa shape index (κ2) is 29.1. The summed E-state index contributed by atoms with van der Waals surface area (Å²) in [5.74, 6) is -12.2. The van der Waals surface area contributed by atoms with Crippen LogP contribution >= 0.6 is 0 Å². The molecule has 4 atom stereocenters. The first-order chi connectivity index (χ1) is 20.1. The molecular weight excluding hydrogens is 630 g/mol. The van der Waals surface area contributed by atoms with Crippen molar-refractivity contribution in [2.24, 2.45) is 5.73 Å². The van der Waals surface area contributed by atoms with E-state index in [9.17, 15) is 38.4 Å². The summed E-state index contributed by atoms with van der Waals surface area (Å²) in [5.41, 5.74) is 2.28. The van der Waals surface area contributed by atoms with Gasteiger partial charge in [0, 0.05) is 13.3 Å². The van der Waals surface area contributed by atoms with Crippen LogP contribution in [-0.4, -0.2) is 150 Å². The lowest BCUT2D eigenvalue weighted by atomic mass is 9.96. The molecule has 0 aliphatic rings. The van der Waals surface area contributed by atoms with Crippen molar-refractivity contribution in [3.63, 3.8) is 0 Å². The Hall–Kier alpha value is -4.97. The van der Waals surface area contributed by atoms with E-state index in [1.165, 1.54) is 6.92 Å². The number of carbonyl (C=O) groups is 9. The van der Waals surface area contributed by atoms with Crippen LogP contribution in [0, 0.1) is 0 Å². The van der Waals surface area contributed by atoms with Crippen LogP contribution in [0.3, 0.4) is 0 Å². The van der Waals surface area contributed by atoms with E-state index in [1.54, 1.807) is 13.8 Å². The number of hydrogen-bond acceptors (Lipinski definition) is 14. The van der Waals surface area contributed by atoms with Crippen molar-refractivity contribution in [2.45, 2.75) is 83.3 Å². The van der Waals surface area contributed by atoms with Crippen molar-refractivity contribution in [1.29, 1.82) is 0 Å². The van der Waals surface area contributed by atoms with Gasteiger partial charge in [-0.15, -0.1) is 0 Å². The number of carboxylic acids is 9. The van der Waals surface area contributed by atoms with Crippen molar-refractivity contribution in [3.8, 4) is 0 Å². The van der Waals surface area contributed by atoms with Gasteiger partial charge < -0.3 is 72.1 Å². The minimum atomic E-state index is -2.74. The van der Waals surface area contributed by atoms with Gasteiger partial charge >= 0.3 is 47.8 Å². The van der Waals surface area contributed by atoms with Crippen LogP contribution < -0.4 is 5.73 Å². The van der Waals surface area contributed by atoms with Crippen LogP contribution in [0.1, 0.15) is 53.4 Å². The molecular formula is C22H39NO22. The minimum Gasteiger partial charge on any atom is -0.481 e. The van der Waals surface area contributed by atoms with Gasteiger partial charge in [-0.2, -0.15) is 0 Å². The number of hydrogen-bond donors (Lipinski definition) is 14. The van der Waals surface area contributed by atoms with Gasteiger partial charge in [0.05, 0.1) is 12.8 Å². The highest BCUT2D eigenvalue weighted by Gasteiger charge is 2.40. The van der Waals surface area contributed by atoms with Crippen LogP contribution in [-0.2, 0) is 43.2 Å². The molecule has 0 rings (SSSR count). The zero-order valence-electron chi connectivity index (χ0n) is 24.2. The Morgan fingerprint density at radius 1 is 0.600 bits per heavy atom. The van der Waals surface area contributed by atoms with Gasteiger partial charge in [0.2, 0.25) is 0 Å². The largest absolute Gasteiger partial charge is 0.481 e. The molecule has 0 saturated carbocycles. The minimum absolute atomic E-state index is 0.222. The van der Waals surface area contributed by atoms with E-state index in [2.05, 4.69) is 0 Å². The highest BCUT2D eigenvalue weighted by molar-refractivity contribution is 5.88. The molecule has 0 aromatic rings. The molecule has 23 nitrogen and oxygen atoms in total. The number of nitrogens with two attached hydrogens (primary N) is 1. The van der Waals surface area contributed by atoms with E-state index in [0.29, 0.717) is 6.42 Å². The average molecular weight is 670 g/mol. The fourth-order valence-corrected chi connectivity index (χ4v) is 1.16. The molecule has 0 aliphatic carbocycles. The molecule has 0 bridgehead atoms. The molecule has 0 aromatic carbocycles. The number of aliphatic carboxylic acids is 9. The predicted molar refractivity (Wildman–Crippen MR) is 141 cm³/mol. The highest BCUT2D eigenvalue weighted by atomic mass is 16.4. The van der Waals surface area contributed by atoms with Crippen LogP contribution in [0.25, 0.3) is 0 Å². The van der Waals surface area contributed by atoms with Gasteiger partial charge in [0.25, 0.3) is 5.97 Å². The Labute approximate surface area is 253 Å². The van der Waals surface area contributed by atoms with E-state index in [1.807, 2.05) is 0 Å². The van der Waals surface area contributed by atoms with E-state index < -0.39 is 96.5 Å². The van der Waals surface area contributed by atoms with E-state index in [4.69, 9.17) is 76.9 Å². The third-order valence-corrected chi connectivity index (χ3v) is 3.51. The van der Waals surface area contributed by atoms with E-state index in [-0.39, 0.29) is 6.42 Å². The topological polar surface area (TPSA) is 443 Å². The predicted octanol–water partition coefficient (Wildman–Crippen LogP) is -3.54. The Kier molecular flexibility index (Phi) is 34.1. The molecule has 264 valence electrons. The molecule has 45 heavy (non-hydrogen) atoms. The first-order valence-electron chi connectivity index (χ1n) is 11.6. The van der Waals surface area contributed by atoms with Gasteiger partial charge in [-0.3, -0.25) is 24.0 Å². The second-order valence-electron chi connectivity index (χ2n) is 7.68. The zero-order valence-corrected chi connectivity index (χ0v) is 24.2. The summed E-state index contributed by atoms with van der Waals surface area (Å²) < 4.78 is 0. The third kappa shape index (κ3) is 43.6. The summed E-state index contributed by atoms with van der Waals surface area (Å²) in [4.78, 5) is 87.7. The average Bonchev–Trinajstić information content (AvgIpc) is 2.86. The van der Waals surface area contributed by atoms with Crippen LogP contribution in [0.4, 0.5) is 0 Å². The van der Waals surface area contributed by atoms with E-state index in [0.717, 1.165) is 6.92 Å². The standard InChI is InChI=1S/C6H8O7.C4H9NO2.C4H6O6.C3H6O3.C3H6O2.C2H4O2/c7-3(8)1-6(13,5(11)12)2-4(9)10;1-2-3(5)4(6)7;5-1(3(7)8)2(6)4(9)10;1-2(4)3(5)6;1-2-3(4)5;1-2(3)4/h13H,1-2H2,(H,7,8)(H,9,10)(H,11,12);3H,2,5H2,1H3,(H,6,7);1-2,5-6H,(H,7,8)(H,9,10);2,4H,1H3,(H,5,6);2H2,1H3,(H,4,5);1H3,(H,3,4). The number of aliphatic hydroxyl groups is 4. The maximum absolute atomic E-state index is 10.3. The Morgan fingerprint density at radius 2 is 0.844 bits per heavy atom. The molecule has 0 amide bonds. The molecule has 15 N–H and O–H groups in total. The van der Waals surface area contributed by atoms with E-state index >= 15 is 0 Å².